The van der Waals surface area contributed by atoms with Gasteiger partial charge in [0.05, 0.1) is 6.04 Å². The molecule has 0 radical (unpaired) electrons. The van der Waals surface area contributed by atoms with Crippen molar-refractivity contribution in [3.05, 3.63) is 0 Å². The highest BCUT2D eigenvalue weighted by Gasteiger charge is 2.34. The smallest absolute Gasteiger partial charge is 0.404 e. The van der Waals surface area contributed by atoms with Crippen LogP contribution in [0.5, 0.6) is 0 Å². The van der Waals surface area contributed by atoms with Crippen LogP contribution in [-0.4, -0.2) is 65.8 Å². The second kappa shape index (κ2) is 6.37. The zero-order valence-electron chi connectivity index (χ0n) is 10.9. The molecule has 19 heavy (non-hydrogen) atoms. The summed E-state index contributed by atoms with van der Waals surface area (Å²) in [6, 6.07) is -0.999. The second-order valence-electron chi connectivity index (χ2n) is 4.75. The Morgan fingerprint density at radius 2 is 2.16 bits per heavy atom. The van der Waals surface area contributed by atoms with Gasteiger partial charge in [-0.25, -0.2) is 4.79 Å². The van der Waals surface area contributed by atoms with Crippen molar-refractivity contribution in [1.82, 2.24) is 15.5 Å². The maximum atomic E-state index is 11.7. The van der Waals surface area contributed by atoms with Gasteiger partial charge in [0.15, 0.2) is 6.10 Å². The Labute approximate surface area is 110 Å². The number of aliphatic hydroxyl groups excluding tert-OH is 1. The molecule has 3 atom stereocenters. The summed E-state index contributed by atoms with van der Waals surface area (Å²) in [5, 5.41) is 23.4. The SMILES string of the molecule is CN(C)C(=O)C(O)[C@H](C[C@@H]1CCNC1=O)NC(=O)O. The van der Waals surface area contributed by atoms with Crippen molar-refractivity contribution < 1.29 is 24.6 Å². The Kier molecular flexibility index (Phi) is 5.11. The maximum Gasteiger partial charge on any atom is 0.404 e. The predicted octanol–water partition coefficient (Wildman–Crippen LogP) is -1.40. The van der Waals surface area contributed by atoms with E-state index in [0.717, 1.165) is 0 Å². The molecule has 3 amide bonds. The van der Waals surface area contributed by atoms with Crippen LogP contribution in [0, 0.1) is 5.92 Å². The Morgan fingerprint density at radius 3 is 2.58 bits per heavy atom. The number of likely N-dealkylation sites (N-methyl/N-ethyl adjacent to an activating group) is 1. The topological polar surface area (TPSA) is 119 Å². The van der Waals surface area contributed by atoms with Crippen molar-refractivity contribution in [3.8, 4) is 0 Å². The van der Waals surface area contributed by atoms with E-state index < -0.39 is 24.1 Å². The number of aliphatic hydroxyl groups is 1. The number of hydrogen-bond acceptors (Lipinski definition) is 4. The molecule has 1 aliphatic heterocycles. The first-order valence-corrected chi connectivity index (χ1v) is 5.99. The molecule has 8 heteroatoms. The molecule has 1 saturated heterocycles. The number of rotatable bonds is 5. The van der Waals surface area contributed by atoms with Gasteiger partial charge in [0.25, 0.3) is 5.91 Å². The Balaban J connectivity index is 2.73. The lowest BCUT2D eigenvalue weighted by Gasteiger charge is -2.25. The van der Waals surface area contributed by atoms with Crippen molar-refractivity contribution >= 4 is 17.9 Å². The fraction of sp³-hybridized carbons (Fsp3) is 0.727. The van der Waals surface area contributed by atoms with Crippen molar-refractivity contribution in [2.24, 2.45) is 5.92 Å². The lowest BCUT2D eigenvalue weighted by molar-refractivity contribution is -0.139. The summed E-state index contributed by atoms with van der Waals surface area (Å²) in [5.74, 6) is -1.17. The van der Waals surface area contributed by atoms with E-state index in [1.165, 1.54) is 19.0 Å². The van der Waals surface area contributed by atoms with Crippen LogP contribution in [0.25, 0.3) is 0 Å². The van der Waals surface area contributed by atoms with Crippen molar-refractivity contribution in [3.63, 3.8) is 0 Å². The molecule has 0 aromatic heterocycles. The van der Waals surface area contributed by atoms with Crippen LogP contribution in [0.1, 0.15) is 12.8 Å². The van der Waals surface area contributed by atoms with Crippen molar-refractivity contribution in [2.75, 3.05) is 20.6 Å². The van der Waals surface area contributed by atoms with Crippen LogP contribution in [0.4, 0.5) is 4.79 Å². The van der Waals surface area contributed by atoms with Gasteiger partial charge in [-0.1, -0.05) is 0 Å². The first kappa shape index (κ1) is 15.2. The molecule has 108 valence electrons. The van der Waals surface area contributed by atoms with E-state index in [4.69, 9.17) is 5.11 Å². The molecule has 0 aliphatic carbocycles. The molecule has 0 saturated carbocycles. The van der Waals surface area contributed by atoms with Crippen LogP contribution in [-0.2, 0) is 9.59 Å². The third-order valence-corrected chi connectivity index (χ3v) is 3.09. The van der Waals surface area contributed by atoms with Gasteiger partial charge in [0.1, 0.15) is 0 Å². The number of hydrogen-bond donors (Lipinski definition) is 4. The van der Waals surface area contributed by atoms with E-state index in [1.807, 2.05) is 0 Å². The molecule has 4 N–H and O–H groups in total. The van der Waals surface area contributed by atoms with Gasteiger partial charge in [-0.15, -0.1) is 0 Å². The van der Waals surface area contributed by atoms with Crippen LogP contribution >= 0.6 is 0 Å². The molecule has 0 aromatic carbocycles. The summed E-state index contributed by atoms with van der Waals surface area (Å²) in [6.45, 7) is 0.529. The standard InChI is InChI=1S/C11H19N3O5/c1-14(2)10(17)8(15)7(13-11(18)19)5-6-3-4-12-9(6)16/h6-8,13,15H,3-5H2,1-2H3,(H,12,16)(H,18,19)/t6-,7-,8?/m0/s1. The molecule has 0 bridgehead atoms. The summed E-state index contributed by atoms with van der Waals surface area (Å²) < 4.78 is 0. The average molecular weight is 273 g/mol. The molecular weight excluding hydrogens is 254 g/mol. The number of carboxylic acid groups (broad SMARTS) is 1. The quantitative estimate of drug-likeness (QED) is 0.491. The molecule has 1 rings (SSSR count). The lowest BCUT2D eigenvalue weighted by atomic mass is 9.94. The summed E-state index contributed by atoms with van der Waals surface area (Å²) in [5.41, 5.74) is 0. The summed E-state index contributed by atoms with van der Waals surface area (Å²) in [6.07, 6.45) is -2.17. The normalized spacial score (nSPS) is 21.4. The fourth-order valence-electron chi connectivity index (χ4n) is 2.04. The van der Waals surface area contributed by atoms with Gasteiger partial charge in [0, 0.05) is 26.6 Å². The Morgan fingerprint density at radius 1 is 1.53 bits per heavy atom. The monoisotopic (exact) mass is 273 g/mol. The number of nitrogens with one attached hydrogen (secondary N) is 2. The van der Waals surface area contributed by atoms with E-state index in [9.17, 15) is 19.5 Å². The predicted molar refractivity (Wildman–Crippen MR) is 65.4 cm³/mol. The highest BCUT2D eigenvalue weighted by molar-refractivity contribution is 5.83. The molecule has 1 aliphatic rings. The van der Waals surface area contributed by atoms with Gasteiger partial charge in [-0.05, 0) is 12.8 Å². The van der Waals surface area contributed by atoms with Gasteiger partial charge < -0.3 is 25.7 Å². The van der Waals surface area contributed by atoms with Gasteiger partial charge in [-0.2, -0.15) is 0 Å². The van der Waals surface area contributed by atoms with E-state index in [2.05, 4.69) is 10.6 Å². The molecule has 1 unspecified atom stereocenters. The average Bonchev–Trinajstić information content (AvgIpc) is 2.71. The van der Waals surface area contributed by atoms with Gasteiger partial charge in [-0.3, -0.25) is 9.59 Å². The highest BCUT2D eigenvalue weighted by Crippen LogP contribution is 2.18. The Bertz CT molecular complexity index is 371. The zero-order chi connectivity index (χ0) is 14.6. The second-order valence-corrected chi connectivity index (χ2v) is 4.75. The number of amides is 3. The largest absolute Gasteiger partial charge is 0.465 e. The minimum Gasteiger partial charge on any atom is -0.465 e. The van der Waals surface area contributed by atoms with Gasteiger partial charge >= 0.3 is 6.09 Å². The maximum absolute atomic E-state index is 11.7. The Hall–Kier alpha value is -1.83. The number of carbonyl (C=O) groups excluding carboxylic acids is 2. The van der Waals surface area contributed by atoms with E-state index in [1.54, 1.807) is 0 Å². The summed E-state index contributed by atoms with van der Waals surface area (Å²) in [7, 11) is 2.93. The molecular formula is C11H19N3O5. The fourth-order valence-corrected chi connectivity index (χ4v) is 2.04. The van der Waals surface area contributed by atoms with Crippen LogP contribution < -0.4 is 10.6 Å². The van der Waals surface area contributed by atoms with Crippen molar-refractivity contribution in [2.45, 2.75) is 25.0 Å². The number of nitrogens with zero attached hydrogens (tertiary/aromatic N) is 1. The highest BCUT2D eigenvalue weighted by atomic mass is 16.4. The van der Waals surface area contributed by atoms with E-state index >= 15 is 0 Å². The molecule has 1 fully saturated rings. The first-order chi connectivity index (χ1) is 8.82. The van der Waals surface area contributed by atoms with Crippen LogP contribution in [0.3, 0.4) is 0 Å². The molecule has 8 nitrogen and oxygen atoms in total. The summed E-state index contributed by atoms with van der Waals surface area (Å²) in [4.78, 5) is 35.0. The third-order valence-electron chi connectivity index (χ3n) is 3.09. The molecule has 0 spiro atoms. The zero-order valence-corrected chi connectivity index (χ0v) is 10.9. The van der Waals surface area contributed by atoms with Crippen LogP contribution in [0.2, 0.25) is 0 Å². The molecule has 0 aromatic rings. The van der Waals surface area contributed by atoms with Crippen molar-refractivity contribution in [1.29, 1.82) is 0 Å². The number of carbonyl (C=O) groups is 3. The van der Waals surface area contributed by atoms with E-state index in [0.29, 0.717) is 13.0 Å². The third kappa shape index (κ3) is 4.09. The minimum absolute atomic E-state index is 0.0961. The lowest BCUT2D eigenvalue weighted by Crippen LogP contribution is -2.51. The first-order valence-electron chi connectivity index (χ1n) is 5.99. The van der Waals surface area contributed by atoms with Gasteiger partial charge in [0.2, 0.25) is 5.91 Å². The minimum atomic E-state index is -1.50. The van der Waals surface area contributed by atoms with Crippen LogP contribution in [0.15, 0.2) is 0 Å². The molecule has 1 heterocycles. The summed E-state index contributed by atoms with van der Waals surface area (Å²) >= 11 is 0. The van der Waals surface area contributed by atoms with E-state index in [-0.39, 0.29) is 18.2 Å².